The molecule has 8 heteroatoms. The summed E-state index contributed by atoms with van der Waals surface area (Å²) in [6.07, 6.45) is 3.76. The van der Waals surface area contributed by atoms with Crippen LogP contribution in [0.5, 0.6) is 17.2 Å². The minimum Gasteiger partial charge on any atom is -0.497 e. The zero-order valence-electron chi connectivity index (χ0n) is 25.6. The molecule has 3 aromatic carbocycles. The van der Waals surface area contributed by atoms with Gasteiger partial charge in [0.1, 0.15) is 5.75 Å². The minimum atomic E-state index is -0.537. The van der Waals surface area contributed by atoms with Gasteiger partial charge in [-0.25, -0.2) is 0 Å². The smallest absolute Gasteiger partial charge is 0.311 e. The van der Waals surface area contributed by atoms with Crippen molar-refractivity contribution in [3.63, 3.8) is 0 Å². The highest BCUT2D eigenvalue weighted by Gasteiger charge is 2.48. The molecule has 1 fully saturated rings. The molecule has 43 heavy (non-hydrogen) atoms. The molecule has 2 heterocycles. The van der Waals surface area contributed by atoms with Crippen molar-refractivity contribution in [2.24, 2.45) is 5.92 Å². The first-order valence-corrected chi connectivity index (χ1v) is 15.3. The van der Waals surface area contributed by atoms with Crippen molar-refractivity contribution in [3.8, 4) is 17.2 Å². The third-order valence-corrected chi connectivity index (χ3v) is 8.33. The molecule has 0 radical (unpaired) electrons. The van der Waals surface area contributed by atoms with Crippen molar-refractivity contribution in [2.75, 3.05) is 38.9 Å². The number of fused-ring (bicyclic) bond motifs is 1. The highest BCUT2D eigenvalue weighted by atomic mass is 16.7. The van der Waals surface area contributed by atoms with E-state index in [2.05, 4.69) is 42.3 Å². The van der Waals surface area contributed by atoms with E-state index in [0.29, 0.717) is 18.0 Å². The number of benzene rings is 3. The molecule has 2 aliphatic heterocycles. The molecule has 0 bridgehead atoms. The number of nitrogens with zero attached hydrogens (tertiary/aromatic N) is 1. The lowest BCUT2D eigenvalue weighted by Gasteiger charge is -2.28. The van der Waals surface area contributed by atoms with Crippen LogP contribution >= 0.6 is 0 Å². The zero-order chi connectivity index (χ0) is 30.3. The van der Waals surface area contributed by atoms with Gasteiger partial charge in [-0.2, -0.15) is 0 Å². The van der Waals surface area contributed by atoms with Crippen LogP contribution in [0.4, 0.5) is 5.69 Å². The Kier molecular flexibility index (Phi) is 9.87. The van der Waals surface area contributed by atoms with Crippen LogP contribution in [0.1, 0.15) is 67.8 Å². The summed E-state index contributed by atoms with van der Waals surface area (Å²) in [4.78, 5) is 29.6. The van der Waals surface area contributed by atoms with Crippen molar-refractivity contribution in [2.45, 2.75) is 58.4 Å². The number of nitrogens with one attached hydrogen (secondary N) is 1. The van der Waals surface area contributed by atoms with Gasteiger partial charge in [-0.1, -0.05) is 63.1 Å². The number of carbonyl (C=O) groups excluding carboxylic acids is 2. The van der Waals surface area contributed by atoms with Crippen LogP contribution in [-0.4, -0.2) is 50.4 Å². The summed E-state index contributed by atoms with van der Waals surface area (Å²) in [5, 5.41) is 3.27. The quantitative estimate of drug-likeness (QED) is 0.250. The largest absolute Gasteiger partial charge is 0.497 e. The Morgan fingerprint density at radius 3 is 2.23 bits per heavy atom. The summed E-state index contributed by atoms with van der Waals surface area (Å²) in [6, 6.07) is 19.4. The Bertz CT molecular complexity index is 1400. The highest BCUT2D eigenvalue weighted by Crippen LogP contribution is 2.48. The summed E-state index contributed by atoms with van der Waals surface area (Å²) in [5.74, 6) is 0.920. The van der Waals surface area contributed by atoms with E-state index < -0.39 is 5.92 Å². The number of hydrogen-bond acceptors (Lipinski definition) is 7. The van der Waals surface area contributed by atoms with Crippen molar-refractivity contribution >= 4 is 17.6 Å². The van der Waals surface area contributed by atoms with Crippen LogP contribution in [-0.2, 0) is 27.2 Å². The van der Waals surface area contributed by atoms with Gasteiger partial charge >= 0.3 is 5.97 Å². The molecule has 228 valence electrons. The van der Waals surface area contributed by atoms with Gasteiger partial charge in [0.05, 0.1) is 26.2 Å². The molecule has 1 N–H and O–H groups in total. The van der Waals surface area contributed by atoms with Gasteiger partial charge in [-0.05, 0) is 66.3 Å². The van der Waals surface area contributed by atoms with Crippen molar-refractivity contribution < 1.29 is 28.5 Å². The number of para-hydroxylation sites is 1. The lowest BCUT2D eigenvalue weighted by atomic mass is 9.82. The molecule has 2 aliphatic rings. The van der Waals surface area contributed by atoms with Gasteiger partial charge in [-0.15, -0.1) is 0 Å². The monoisotopic (exact) mass is 586 g/mol. The summed E-state index contributed by atoms with van der Waals surface area (Å²) >= 11 is 0. The van der Waals surface area contributed by atoms with E-state index in [4.69, 9.17) is 18.9 Å². The molecular weight excluding hydrogens is 544 g/mol. The molecule has 3 aromatic rings. The number of likely N-dealkylation sites (tertiary alicyclic amines) is 1. The summed E-state index contributed by atoms with van der Waals surface area (Å²) < 4.78 is 22.3. The first-order chi connectivity index (χ1) is 21.0. The van der Waals surface area contributed by atoms with E-state index in [1.54, 1.807) is 7.11 Å². The number of methoxy groups -OCH3 is 1. The minimum absolute atomic E-state index is 0.103. The van der Waals surface area contributed by atoms with Crippen LogP contribution < -0.4 is 19.5 Å². The average molecular weight is 587 g/mol. The second kappa shape index (κ2) is 14.0. The molecule has 1 saturated heterocycles. The predicted molar refractivity (Wildman–Crippen MR) is 166 cm³/mol. The van der Waals surface area contributed by atoms with Gasteiger partial charge < -0.3 is 24.3 Å². The van der Waals surface area contributed by atoms with E-state index in [1.807, 2.05) is 49.4 Å². The highest BCUT2D eigenvalue weighted by molar-refractivity contribution is 5.94. The SMILES string of the molecule is CCCc1cccc(CCC)c1NC(=O)CN1C[C@H](c2ccc3c(c2)OCO3)[C@@H](C(=O)OCC)[C@@H]1c1ccc(OC)cc1. The maximum Gasteiger partial charge on any atom is 0.311 e. The number of ether oxygens (including phenoxy) is 4. The molecule has 0 spiro atoms. The Morgan fingerprint density at radius 2 is 1.58 bits per heavy atom. The standard InChI is InChI=1S/C35H42N2O6/c1-5-9-23-11-8-12-24(10-6-2)33(23)36-31(38)21-37-20-28(26-15-18-29-30(19-26)43-22-42-29)32(35(39)41-7-3)34(37)25-13-16-27(40-4)17-14-25/h8,11-19,28,32,34H,5-7,9-10,20-22H2,1-4H3,(H,36,38)/t28-,32-,34+/m1/s1. The Balaban J connectivity index is 1.50. The van der Waals surface area contributed by atoms with Crippen LogP contribution in [0.25, 0.3) is 0 Å². The molecular formula is C35H42N2O6. The lowest BCUT2D eigenvalue weighted by molar-refractivity contribution is -0.149. The summed E-state index contributed by atoms with van der Waals surface area (Å²) in [7, 11) is 1.63. The maximum atomic E-state index is 13.8. The van der Waals surface area contributed by atoms with Crippen LogP contribution in [0, 0.1) is 5.92 Å². The third kappa shape index (κ3) is 6.64. The molecule has 8 nitrogen and oxygen atoms in total. The van der Waals surface area contributed by atoms with Gasteiger partial charge in [-0.3, -0.25) is 14.5 Å². The fourth-order valence-electron chi connectivity index (χ4n) is 6.43. The third-order valence-electron chi connectivity index (χ3n) is 8.33. The first kappa shape index (κ1) is 30.4. The fraction of sp³-hybridized carbons (Fsp3) is 0.429. The molecule has 5 rings (SSSR count). The zero-order valence-corrected chi connectivity index (χ0v) is 25.6. The Morgan fingerprint density at radius 1 is 0.907 bits per heavy atom. The van der Waals surface area contributed by atoms with Gasteiger partial charge in [0.25, 0.3) is 0 Å². The average Bonchev–Trinajstić information content (AvgIpc) is 3.63. The van der Waals surface area contributed by atoms with E-state index in [0.717, 1.165) is 59.4 Å². The fourth-order valence-corrected chi connectivity index (χ4v) is 6.43. The Labute approximate surface area is 254 Å². The molecule has 0 unspecified atom stereocenters. The number of aryl methyl sites for hydroxylation is 2. The van der Waals surface area contributed by atoms with Gasteiger partial charge in [0, 0.05) is 24.2 Å². The number of amides is 1. The summed E-state index contributed by atoms with van der Waals surface area (Å²) in [6.45, 7) is 7.17. The second-order valence-corrected chi connectivity index (χ2v) is 11.1. The number of hydrogen-bond donors (Lipinski definition) is 1. The van der Waals surface area contributed by atoms with E-state index in [1.165, 1.54) is 0 Å². The molecule has 1 amide bonds. The lowest BCUT2D eigenvalue weighted by Crippen LogP contribution is -2.35. The number of carbonyl (C=O) groups is 2. The number of esters is 1. The van der Waals surface area contributed by atoms with Crippen LogP contribution in [0.3, 0.4) is 0 Å². The maximum absolute atomic E-state index is 13.8. The molecule has 0 saturated carbocycles. The number of anilines is 1. The van der Waals surface area contributed by atoms with Crippen LogP contribution in [0.15, 0.2) is 60.7 Å². The topological polar surface area (TPSA) is 86.3 Å². The Hall–Kier alpha value is -4.04. The molecule has 0 aromatic heterocycles. The van der Waals surface area contributed by atoms with Gasteiger partial charge in [0.15, 0.2) is 11.5 Å². The van der Waals surface area contributed by atoms with E-state index >= 15 is 0 Å². The van der Waals surface area contributed by atoms with Crippen LogP contribution in [0.2, 0.25) is 0 Å². The molecule has 0 aliphatic carbocycles. The van der Waals surface area contributed by atoms with E-state index in [-0.39, 0.29) is 43.8 Å². The van der Waals surface area contributed by atoms with Crippen molar-refractivity contribution in [3.05, 3.63) is 82.9 Å². The first-order valence-electron chi connectivity index (χ1n) is 15.3. The van der Waals surface area contributed by atoms with E-state index in [9.17, 15) is 9.59 Å². The van der Waals surface area contributed by atoms with Crippen molar-refractivity contribution in [1.82, 2.24) is 4.90 Å². The molecule has 3 atom stereocenters. The number of rotatable bonds is 12. The summed E-state index contributed by atoms with van der Waals surface area (Å²) in [5.41, 5.74) is 5.09. The van der Waals surface area contributed by atoms with Crippen molar-refractivity contribution in [1.29, 1.82) is 0 Å². The van der Waals surface area contributed by atoms with Gasteiger partial charge in [0.2, 0.25) is 12.7 Å². The normalized spacial score (nSPS) is 19.3. The predicted octanol–water partition coefficient (Wildman–Crippen LogP) is 6.29. The second-order valence-electron chi connectivity index (χ2n) is 11.1.